The highest BCUT2D eigenvalue weighted by Crippen LogP contribution is 2.76. The van der Waals surface area contributed by atoms with Crippen molar-refractivity contribution in [2.75, 3.05) is 26.2 Å². The van der Waals surface area contributed by atoms with Crippen LogP contribution >= 0.6 is 0 Å². The SMILES string of the molecule is CC(=O)NCCN1CCCC1.CC(=O)OOC(=O)[C@@]12CC[C@]3(C)[C@H](CC[C@@H]4[C@@]5(C)CCCC(C)(C)[C@@H]5CC[C@]43C)C1=C(C(C)C)C(=O)C2. The molecule has 270 valence electrons. The third kappa shape index (κ3) is 6.19. The van der Waals surface area contributed by atoms with E-state index in [0.29, 0.717) is 23.2 Å². The van der Waals surface area contributed by atoms with E-state index in [1.165, 1.54) is 65.0 Å². The molecule has 0 aromatic rings. The summed E-state index contributed by atoms with van der Waals surface area (Å²) in [6, 6.07) is 0. The molecule has 4 saturated carbocycles. The fraction of sp³-hybridized carbons (Fsp3) is 0.850. The Hall–Kier alpha value is -2.22. The van der Waals surface area contributed by atoms with Crippen LogP contribution in [0.1, 0.15) is 139 Å². The number of likely N-dealkylation sites (tertiary alicyclic amines) is 1. The largest absolute Gasteiger partial charge is 0.366 e. The van der Waals surface area contributed by atoms with Crippen molar-refractivity contribution in [2.24, 2.45) is 50.7 Å². The zero-order valence-electron chi connectivity index (χ0n) is 31.5. The van der Waals surface area contributed by atoms with Gasteiger partial charge in [-0.1, -0.05) is 54.9 Å². The van der Waals surface area contributed by atoms with Crippen molar-refractivity contribution >= 4 is 23.6 Å². The predicted molar refractivity (Wildman–Crippen MR) is 186 cm³/mol. The van der Waals surface area contributed by atoms with E-state index in [-0.39, 0.29) is 40.8 Å². The van der Waals surface area contributed by atoms with Crippen molar-refractivity contribution in [3.05, 3.63) is 11.1 Å². The van der Waals surface area contributed by atoms with Gasteiger partial charge in [0.25, 0.3) is 0 Å². The average molecular weight is 669 g/mol. The molecule has 1 amide bonds. The average Bonchev–Trinajstić information content (AvgIpc) is 3.62. The number of carbonyl (C=O) groups excluding carboxylic acids is 4. The van der Waals surface area contributed by atoms with Crippen molar-refractivity contribution < 1.29 is 29.0 Å². The number of fused-ring (bicyclic) bond motifs is 7. The van der Waals surface area contributed by atoms with E-state index in [0.717, 1.165) is 49.4 Å². The molecule has 5 aliphatic carbocycles. The maximum Gasteiger partial charge on any atom is 0.366 e. The van der Waals surface area contributed by atoms with E-state index in [4.69, 9.17) is 9.78 Å². The van der Waals surface area contributed by atoms with E-state index in [9.17, 15) is 19.2 Å². The molecule has 1 heterocycles. The molecule has 8 nitrogen and oxygen atoms in total. The maximum atomic E-state index is 13.6. The van der Waals surface area contributed by atoms with Crippen LogP contribution in [0.15, 0.2) is 11.1 Å². The summed E-state index contributed by atoms with van der Waals surface area (Å²) in [7, 11) is 0. The van der Waals surface area contributed by atoms with Crippen molar-refractivity contribution in [3.63, 3.8) is 0 Å². The summed E-state index contributed by atoms with van der Waals surface area (Å²) < 4.78 is 0. The number of nitrogens with zero attached hydrogens (tertiary/aromatic N) is 1. The van der Waals surface area contributed by atoms with Gasteiger partial charge in [-0.3, -0.25) is 9.59 Å². The summed E-state index contributed by atoms with van der Waals surface area (Å²) in [5, 5.41) is 2.79. The molecule has 0 aromatic heterocycles. The quantitative estimate of drug-likeness (QED) is 0.238. The molecule has 0 bridgehead atoms. The summed E-state index contributed by atoms with van der Waals surface area (Å²) in [5.41, 5.74) is 1.78. The first-order valence-electron chi connectivity index (χ1n) is 19.1. The number of amides is 1. The number of ketones is 1. The van der Waals surface area contributed by atoms with E-state index < -0.39 is 17.4 Å². The van der Waals surface area contributed by atoms with Crippen molar-refractivity contribution in [1.82, 2.24) is 10.2 Å². The Morgan fingerprint density at radius 1 is 0.833 bits per heavy atom. The van der Waals surface area contributed by atoms with Gasteiger partial charge in [0.15, 0.2) is 5.78 Å². The fourth-order valence-electron chi connectivity index (χ4n) is 12.5. The summed E-state index contributed by atoms with van der Waals surface area (Å²) in [5.74, 6) is 0.569. The third-order valence-electron chi connectivity index (χ3n) is 14.8. The minimum Gasteiger partial charge on any atom is -0.355 e. The van der Waals surface area contributed by atoms with Crippen molar-refractivity contribution in [2.45, 2.75) is 139 Å². The Bertz CT molecular complexity index is 1310. The second-order valence-electron chi connectivity index (χ2n) is 18.1. The molecule has 6 rings (SSSR count). The molecule has 0 unspecified atom stereocenters. The highest BCUT2D eigenvalue weighted by molar-refractivity contribution is 6.06. The van der Waals surface area contributed by atoms with Crippen LogP contribution in [0.2, 0.25) is 0 Å². The van der Waals surface area contributed by atoms with E-state index in [1.807, 2.05) is 0 Å². The summed E-state index contributed by atoms with van der Waals surface area (Å²) in [6.45, 7) is 23.8. The first kappa shape index (κ1) is 37.0. The lowest BCUT2D eigenvalue weighted by atomic mass is 9.33. The van der Waals surface area contributed by atoms with Crippen LogP contribution in [0.4, 0.5) is 0 Å². The van der Waals surface area contributed by atoms with Gasteiger partial charge in [0.1, 0.15) is 5.41 Å². The molecule has 6 aliphatic rings. The number of Topliss-reactive ketones (excluding diaryl/α,β-unsaturated/α-hetero) is 1. The zero-order chi connectivity index (χ0) is 35.3. The van der Waals surface area contributed by atoms with E-state index in [2.05, 4.69) is 58.7 Å². The molecule has 0 spiro atoms. The second-order valence-corrected chi connectivity index (χ2v) is 18.1. The van der Waals surface area contributed by atoms with Gasteiger partial charge in [-0.15, -0.1) is 0 Å². The van der Waals surface area contributed by atoms with Gasteiger partial charge < -0.3 is 10.2 Å². The van der Waals surface area contributed by atoms with Gasteiger partial charge in [-0.2, -0.15) is 0 Å². The van der Waals surface area contributed by atoms with Gasteiger partial charge in [-0.25, -0.2) is 19.4 Å². The topological polar surface area (TPSA) is 102 Å². The van der Waals surface area contributed by atoms with Crippen LogP contribution in [-0.4, -0.2) is 54.7 Å². The van der Waals surface area contributed by atoms with Gasteiger partial charge in [-0.05, 0) is 134 Å². The highest BCUT2D eigenvalue weighted by atomic mass is 17.2. The smallest absolute Gasteiger partial charge is 0.355 e. The molecule has 1 aliphatic heterocycles. The Balaban J connectivity index is 0.000000349. The van der Waals surface area contributed by atoms with Gasteiger partial charge >= 0.3 is 11.9 Å². The van der Waals surface area contributed by atoms with Crippen LogP contribution in [0.25, 0.3) is 0 Å². The third-order valence-corrected chi connectivity index (χ3v) is 14.8. The van der Waals surface area contributed by atoms with Gasteiger partial charge in [0.2, 0.25) is 5.91 Å². The molecule has 7 atom stereocenters. The Morgan fingerprint density at radius 3 is 2.15 bits per heavy atom. The summed E-state index contributed by atoms with van der Waals surface area (Å²) in [4.78, 5) is 61.2. The highest BCUT2D eigenvalue weighted by Gasteiger charge is 2.70. The molecular weight excluding hydrogens is 604 g/mol. The molecule has 1 N–H and O–H groups in total. The number of carbonyl (C=O) groups is 4. The molecule has 8 heteroatoms. The van der Waals surface area contributed by atoms with Crippen LogP contribution in [0.3, 0.4) is 0 Å². The molecule has 0 aromatic carbocycles. The normalized spacial score (nSPS) is 38.5. The van der Waals surface area contributed by atoms with Crippen LogP contribution < -0.4 is 5.32 Å². The van der Waals surface area contributed by atoms with Gasteiger partial charge in [0, 0.05) is 33.4 Å². The summed E-state index contributed by atoms with van der Waals surface area (Å²) >= 11 is 0. The minimum atomic E-state index is -0.993. The Morgan fingerprint density at radius 2 is 1.52 bits per heavy atom. The number of nitrogens with one attached hydrogen (secondary N) is 1. The first-order chi connectivity index (χ1) is 22.4. The van der Waals surface area contributed by atoms with Crippen LogP contribution in [-0.2, 0) is 29.0 Å². The standard InChI is InChI=1S/C32H48O5.C8H16N2O/c1-19(2)25-22(34)18-32(27(35)37-36-20(3)33)17-16-30(7)21(26(25)32)10-11-24-29(6)14-9-13-28(4,5)23(29)12-15-31(24,30)8;1-8(11)9-4-7-10-5-2-3-6-10/h19,21,23-24H,9-18H2,1-8H3;2-7H2,1H3,(H,9,11)/t21-,23+,24-,29+,30-,31-,32-;/m1./s1. The Labute approximate surface area is 289 Å². The molecule has 48 heavy (non-hydrogen) atoms. The van der Waals surface area contributed by atoms with Gasteiger partial charge in [0.05, 0.1) is 0 Å². The van der Waals surface area contributed by atoms with Crippen molar-refractivity contribution in [1.29, 1.82) is 0 Å². The first-order valence-corrected chi connectivity index (χ1v) is 19.1. The van der Waals surface area contributed by atoms with Crippen LogP contribution in [0, 0.1) is 50.7 Å². The second kappa shape index (κ2) is 13.5. The number of allylic oxidation sites excluding steroid dienone is 1. The number of hydrogen-bond donors (Lipinski definition) is 1. The van der Waals surface area contributed by atoms with E-state index in [1.54, 1.807) is 6.92 Å². The number of hydrogen-bond acceptors (Lipinski definition) is 7. The monoisotopic (exact) mass is 668 g/mol. The molecule has 0 radical (unpaired) electrons. The zero-order valence-corrected chi connectivity index (χ0v) is 31.5. The predicted octanol–water partition coefficient (Wildman–Crippen LogP) is 7.60. The fourth-order valence-corrected chi connectivity index (χ4v) is 12.5. The van der Waals surface area contributed by atoms with Crippen LogP contribution in [0.5, 0.6) is 0 Å². The maximum absolute atomic E-state index is 13.6. The minimum absolute atomic E-state index is 0.0107. The lowest BCUT2D eigenvalue weighted by Gasteiger charge is -2.71. The summed E-state index contributed by atoms with van der Waals surface area (Å²) in [6.07, 6.45) is 12.9. The lowest BCUT2D eigenvalue weighted by molar-refractivity contribution is -0.267. The number of rotatable bonds is 5. The molecule has 1 saturated heterocycles. The molecule has 5 fully saturated rings. The lowest BCUT2D eigenvalue weighted by Crippen LogP contribution is -2.64. The molecular formula is C40H64N2O6. The van der Waals surface area contributed by atoms with Crippen molar-refractivity contribution in [3.8, 4) is 0 Å². The Kier molecular flexibility index (Phi) is 10.4. The van der Waals surface area contributed by atoms with E-state index >= 15 is 0 Å².